The van der Waals surface area contributed by atoms with E-state index in [2.05, 4.69) is 0 Å². The summed E-state index contributed by atoms with van der Waals surface area (Å²) in [5.41, 5.74) is 13.0. The van der Waals surface area contributed by atoms with E-state index in [-0.39, 0.29) is 0 Å². The van der Waals surface area contributed by atoms with Crippen LogP contribution < -0.4 is 16.2 Å². The van der Waals surface area contributed by atoms with Gasteiger partial charge in [0.2, 0.25) is 0 Å². The maximum atomic E-state index is 5.74. The topological polar surface area (TPSA) is 61.3 Å². The van der Waals surface area contributed by atoms with Crippen LogP contribution in [0, 0.1) is 0 Å². The van der Waals surface area contributed by atoms with Crippen molar-refractivity contribution < 1.29 is 4.74 Å². The molecule has 4 N–H and O–H groups in total. The highest BCUT2D eigenvalue weighted by Gasteiger charge is 1.92. The summed E-state index contributed by atoms with van der Waals surface area (Å²) in [5.74, 6) is 0.847. The Bertz CT molecular complexity index is 304. The first-order valence-corrected chi connectivity index (χ1v) is 4.56. The largest absolute Gasteiger partial charge is 0.497 e. The van der Waals surface area contributed by atoms with Crippen LogP contribution in [0.1, 0.15) is 12.0 Å². The van der Waals surface area contributed by atoms with E-state index in [1.54, 1.807) is 7.11 Å². The summed E-state index contributed by atoms with van der Waals surface area (Å²) in [6, 6.07) is 7.73. The van der Waals surface area contributed by atoms with Gasteiger partial charge in [0.05, 0.1) is 7.11 Å². The van der Waals surface area contributed by atoms with Crippen molar-refractivity contribution >= 4 is 6.08 Å². The van der Waals surface area contributed by atoms with Crippen LogP contribution in [0.4, 0.5) is 0 Å². The molecule has 0 aliphatic carbocycles. The lowest BCUT2D eigenvalue weighted by Crippen LogP contribution is -2.05. The summed E-state index contributed by atoms with van der Waals surface area (Å²) in [4.78, 5) is 0. The number of benzene rings is 1. The van der Waals surface area contributed by atoms with E-state index in [4.69, 9.17) is 16.2 Å². The number of nitrogens with two attached hydrogens (primary N) is 2. The van der Waals surface area contributed by atoms with E-state index in [1.807, 2.05) is 30.3 Å². The smallest absolute Gasteiger partial charge is 0.118 e. The molecule has 0 saturated heterocycles. The summed E-state index contributed by atoms with van der Waals surface area (Å²) >= 11 is 0. The molecule has 76 valence electrons. The Kier molecular flexibility index (Phi) is 4.01. The average molecular weight is 192 g/mol. The van der Waals surface area contributed by atoms with Crippen molar-refractivity contribution in [1.29, 1.82) is 0 Å². The van der Waals surface area contributed by atoms with Gasteiger partial charge in [-0.25, -0.2) is 0 Å². The fraction of sp³-hybridized carbons (Fsp3) is 0.273. The molecular formula is C11H16N2O. The van der Waals surface area contributed by atoms with Crippen molar-refractivity contribution in [2.75, 3.05) is 13.7 Å². The quantitative estimate of drug-likeness (QED) is 0.756. The number of hydrogen-bond donors (Lipinski definition) is 2. The van der Waals surface area contributed by atoms with Crippen LogP contribution >= 0.6 is 0 Å². The van der Waals surface area contributed by atoms with Crippen molar-refractivity contribution in [2.45, 2.75) is 6.42 Å². The third-order valence-electron chi connectivity index (χ3n) is 1.90. The molecule has 0 saturated carbocycles. The highest BCUT2D eigenvalue weighted by molar-refractivity contribution is 5.53. The normalized spacial score (nSPS) is 11.4. The van der Waals surface area contributed by atoms with E-state index < -0.39 is 0 Å². The molecule has 0 aliphatic rings. The molecule has 1 aromatic carbocycles. The number of ether oxygens (including phenoxy) is 1. The fourth-order valence-corrected chi connectivity index (χ4v) is 1.15. The van der Waals surface area contributed by atoms with Crippen LogP contribution in [0.3, 0.4) is 0 Å². The zero-order chi connectivity index (χ0) is 10.4. The fourth-order valence-electron chi connectivity index (χ4n) is 1.15. The van der Waals surface area contributed by atoms with Crippen LogP contribution in [0.2, 0.25) is 0 Å². The molecule has 0 unspecified atom stereocenters. The second-order valence-electron chi connectivity index (χ2n) is 3.03. The second-order valence-corrected chi connectivity index (χ2v) is 3.03. The zero-order valence-corrected chi connectivity index (χ0v) is 8.36. The Labute approximate surface area is 84.4 Å². The molecule has 0 aliphatic heterocycles. The Hall–Kier alpha value is -1.48. The van der Waals surface area contributed by atoms with Crippen LogP contribution in [-0.4, -0.2) is 13.7 Å². The van der Waals surface area contributed by atoms with Gasteiger partial charge < -0.3 is 16.2 Å². The van der Waals surface area contributed by atoms with Gasteiger partial charge in [-0.3, -0.25) is 0 Å². The summed E-state index contributed by atoms with van der Waals surface area (Å²) < 4.78 is 5.05. The molecule has 0 atom stereocenters. The first-order valence-electron chi connectivity index (χ1n) is 4.56. The van der Waals surface area contributed by atoms with Crippen molar-refractivity contribution in [2.24, 2.45) is 11.5 Å². The Balaban J connectivity index is 2.72. The molecule has 0 bridgehead atoms. The summed E-state index contributed by atoms with van der Waals surface area (Å²) in [5, 5.41) is 0. The molecule has 1 aromatic rings. The van der Waals surface area contributed by atoms with Gasteiger partial charge in [0.1, 0.15) is 5.75 Å². The van der Waals surface area contributed by atoms with E-state index >= 15 is 0 Å². The molecular weight excluding hydrogens is 176 g/mol. The predicted molar refractivity (Wildman–Crippen MR) is 58.8 cm³/mol. The molecule has 14 heavy (non-hydrogen) atoms. The zero-order valence-electron chi connectivity index (χ0n) is 8.36. The third kappa shape index (κ3) is 3.11. The maximum Gasteiger partial charge on any atom is 0.118 e. The maximum absolute atomic E-state index is 5.74. The minimum atomic E-state index is 0.582. The monoisotopic (exact) mass is 192 g/mol. The van der Waals surface area contributed by atoms with Crippen LogP contribution in [0.25, 0.3) is 6.08 Å². The SMILES string of the molecule is COc1ccc(C=C(N)CCN)cc1. The van der Waals surface area contributed by atoms with Crippen LogP contribution in [-0.2, 0) is 0 Å². The number of hydrogen-bond acceptors (Lipinski definition) is 3. The van der Waals surface area contributed by atoms with Gasteiger partial charge in [-0.05, 0) is 36.7 Å². The van der Waals surface area contributed by atoms with Crippen molar-refractivity contribution in [3.8, 4) is 5.75 Å². The van der Waals surface area contributed by atoms with E-state index in [0.717, 1.165) is 23.4 Å². The Morgan fingerprint density at radius 2 is 2.00 bits per heavy atom. The first-order chi connectivity index (χ1) is 6.76. The molecule has 0 fully saturated rings. The molecule has 0 radical (unpaired) electrons. The van der Waals surface area contributed by atoms with Gasteiger partial charge in [-0.2, -0.15) is 0 Å². The summed E-state index contributed by atoms with van der Waals surface area (Å²) in [7, 11) is 1.65. The van der Waals surface area contributed by atoms with Gasteiger partial charge in [-0.15, -0.1) is 0 Å². The Morgan fingerprint density at radius 3 is 2.50 bits per heavy atom. The molecule has 0 spiro atoms. The average Bonchev–Trinajstić information content (AvgIpc) is 2.19. The minimum absolute atomic E-state index is 0.582. The molecule has 0 heterocycles. The molecule has 0 amide bonds. The van der Waals surface area contributed by atoms with Gasteiger partial charge >= 0.3 is 0 Å². The first kappa shape index (κ1) is 10.6. The van der Waals surface area contributed by atoms with E-state index in [9.17, 15) is 0 Å². The van der Waals surface area contributed by atoms with Crippen molar-refractivity contribution in [1.82, 2.24) is 0 Å². The number of methoxy groups -OCH3 is 1. The van der Waals surface area contributed by atoms with Gasteiger partial charge in [0.25, 0.3) is 0 Å². The Morgan fingerprint density at radius 1 is 1.36 bits per heavy atom. The summed E-state index contributed by atoms with van der Waals surface area (Å²) in [6.07, 6.45) is 2.65. The highest BCUT2D eigenvalue weighted by atomic mass is 16.5. The van der Waals surface area contributed by atoms with Crippen LogP contribution in [0.5, 0.6) is 5.75 Å². The standard InChI is InChI=1S/C11H16N2O/c1-14-11-4-2-9(3-5-11)8-10(13)6-7-12/h2-5,8H,6-7,12-13H2,1H3. The molecule has 3 nitrogen and oxygen atoms in total. The third-order valence-corrected chi connectivity index (χ3v) is 1.90. The lowest BCUT2D eigenvalue weighted by Gasteiger charge is -2.01. The van der Waals surface area contributed by atoms with Crippen LogP contribution in [0.15, 0.2) is 30.0 Å². The molecule has 0 aromatic heterocycles. The summed E-state index contributed by atoms with van der Waals surface area (Å²) in [6.45, 7) is 0.582. The highest BCUT2D eigenvalue weighted by Crippen LogP contribution is 2.13. The van der Waals surface area contributed by atoms with Crippen molar-refractivity contribution in [3.05, 3.63) is 35.5 Å². The van der Waals surface area contributed by atoms with E-state index in [0.29, 0.717) is 6.54 Å². The lowest BCUT2D eigenvalue weighted by molar-refractivity contribution is 0.415. The lowest BCUT2D eigenvalue weighted by atomic mass is 10.1. The van der Waals surface area contributed by atoms with Gasteiger partial charge in [-0.1, -0.05) is 12.1 Å². The van der Waals surface area contributed by atoms with E-state index in [1.165, 1.54) is 0 Å². The van der Waals surface area contributed by atoms with Gasteiger partial charge in [0, 0.05) is 5.70 Å². The minimum Gasteiger partial charge on any atom is -0.497 e. The molecule has 3 heteroatoms. The number of rotatable bonds is 4. The molecule has 1 rings (SSSR count). The van der Waals surface area contributed by atoms with Crippen molar-refractivity contribution in [3.63, 3.8) is 0 Å². The van der Waals surface area contributed by atoms with Gasteiger partial charge in [0.15, 0.2) is 0 Å². The second kappa shape index (κ2) is 5.29. The predicted octanol–water partition coefficient (Wildman–Crippen LogP) is 1.34.